The summed E-state index contributed by atoms with van der Waals surface area (Å²) < 4.78 is 7.43. The lowest BCUT2D eigenvalue weighted by Gasteiger charge is -2.17. The molecule has 2 heterocycles. The number of amides is 1. The molecule has 2 aromatic heterocycles. The van der Waals surface area contributed by atoms with Crippen LogP contribution in [-0.2, 0) is 6.42 Å². The first-order valence-corrected chi connectivity index (χ1v) is 7.28. The highest BCUT2D eigenvalue weighted by Gasteiger charge is 2.28. The first-order valence-electron chi connectivity index (χ1n) is 7.28. The van der Waals surface area contributed by atoms with Crippen molar-refractivity contribution in [1.29, 1.82) is 0 Å². The average Bonchev–Trinajstić information content (AvgIpc) is 2.89. The molecule has 0 saturated carbocycles. The zero-order chi connectivity index (χ0) is 15.7. The van der Waals surface area contributed by atoms with Crippen LogP contribution in [0.1, 0.15) is 46.2 Å². The lowest BCUT2D eigenvalue weighted by Crippen LogP contribution is -2.18. The van der Waals surface area contributed by atoms with Gasteiger partial charge in [0.05, 0.1) is 23.9 Å². The molecule has 0 saturated heterocycles. The highest BCUT2D eigenvalue weighted by atomic mass is 16.5. The standard InChI is InChI=1S/C16H17N3O3/c1-2-22-14-6-7-18-8-12(14)19-9-10(16(17)21)15-11(19)4-3-5-13(15)20/h6-9H,2-5H2,1H3,(H2,17,21). The van der Waals surface area contributed by atoms with E-state index in [1.165, 1.54) is 0 Å². The van der Waals surface area contributed by atoms with Gasteiger partial charge >= 0.3 is 0 Å². The van der Waals surface area contributed by atoms with Crippen LogP contribution in [-0.4, -0.2) is 27.8 Å². The fraction of sp³-hybridized carbons (Fsp3) is 0.312. The number of hydrogen-bond acceptors (Lipinski definition) is 4. The van der Waals surface area contributed by atoms with Crippen molar-refractivity contribution in [3.63, 3.8) is 0 Å². The molecular formula is C16H17N3O3. The van der Waals surface area contributed by atoms with Crippen LogP contribution in [0.25, 0.3) is 5.69 Å². The number of pyridine rings is 1. The fourth-order valence-corrected chi connectivity index (χ4v) is 2.88. The van der Waals surface area contributed by atoms with E-state index in [4.69, 9.17) is 10.5 Å². The van der Waals surface area contributed by atoms with Gasteiger partial charge in [-0.1, -0.05) is 0 Å². The number of nitrogens with zero attached hydrogens (tertiary/aromatic N) is 2. The van der Waals surface area contributed by atoms with Crippen molar-refractivity contribution in [2.24, 2.45) is 5.73 Å². The van der Waals surface area contributed by atoms with Crippen LogP contribution in [0.15, 0.2) is 24.7 Å². The van der Waals surface area contributed by atoms with Gasteiger partial charge in [0, 0.05) is 30.6 Å². The van der Waals surface area contributed by atoms with E-state index in [1.54, 1.807) is 24.7 Å². The van der Waals surface area contributed by atoms with Gasteiger partial charge in [0.1, 0.15) is 11.4 Å². The number of carbonyl (C=O) groups is 2. The van der Waals surface area contributed by atoms with E-state index in [0.717, 1.165) is 18.5 Å². The Hall–Kier alpha value is -2.63. The molecule has 0 atom stereocenters. The van der Waals surface area contributed by atoms with E-state index in [2.05, 4.69) is 4.98 Å². The molecule has 114 valence electrons. The largest absolute Gasteiger partial charge is 0.492 e. The van der Waals surface area contributed by atoms with Gasteiger partial charge in [-0.05, 0) is 19.8 Å². The molecule has 6 nitrogen and oxygen atoms in total. The summed E-state index contributed by atoms with van der Waals surface area (Å²) in [4.78, 5) is 28.0. The van der Waals surface area contributed by atoms with E-state index in [1.807, 2.05) is 11.5 Å². The second-order valence-electron chi connectivity index (χ2n) is 5.15. The fourth-order valence-electron chi connectivity index (χ4n) is 2.88. The van der Waals surface area contributed by atoms with Gasteiger partial charge in [0.2, 0.25) is 0 Å². The molecule has 0 aliphatic heterocycles. The third-order valence-electron chi connectivity index (χ3n) is 3.79. The third-order valence-corrected chi connectivity index (χ3v) is 3.79. The molecule has 6 heteroatoms. The minimum Gasteiger partial charge on any atom is -0.492 e. The minimum absolute atomic E-state index is 0.0318. The van der Waals surface area contributed by atoms with Gasteiger partial charge < -0.3 is 15.0 Å². The SMILES string of the molecule is CCOc1ccncc1-n1cc(C(N)=O)c2c1CCCC2=O. The minimum atomic E-state index is -0.591. The molecule has 1 amide bonds. The maximum absolute atomic E-state index is 12.2. The van der Waals surface area contributed by atoms with E-state index < -0.39 is 5.91 Å². The van der Waals surface area contributed by atoms with Crippen LogP contribution < -0.4 is 10.5 Å². The number of rotatable bonds is 4. The molecule has 1 aliphatic carbocycles. The van der Waals surface area contributed by atoms with Crippen molar-refractivity contribution in [2.45, 2.75) is 26.2 Å². The number of ketones is 1. The van der Waals surface area contributed by atoms with Crippen molar-refractivity contribution in [1.82, 2.24) is 9.55 Å². The highest BCUT2D eigenvalue weighted by molar-refractivity contribution is 6.09. The average molecular weight is 299 g/mol. The van der Waals surface area contributed by atoms with Crippen molar-refractivity contribution in [3.05, 3.63) is 41.5 Å². The molecule has 0 bridgehead atoms. The zero-order valence-corrected chi connectivity index (χ0v) is 12.3. The summed E-state index contributed by atoms with van der Waals surface area (Å²) in [6, 6.07) is 1.76. The Bertz CT molecular complexity index is 749. The lowest BCUT2D eigenvalue weighted by molar-refractivity contribution is 0.0950. The summed E-state index contributed by atoms with van der Waals surface area (Å²) in [6.07, 6.45) is 6.85. The number of hydrogen-bond donors (Lipinski definition) is 1. The molecule has 2 N–H and O–H groups in total. The smallest absolute Gasteiger partial charge is 0.251 e. The molecule has 0 aromatic carbocycles. The molecule has 0 radical (unpaired) electrons. The van der Waals surface area contributed by atoms with Gasteiger partial charge in [0.15, 0.2) is 5.78 Å². The number of nitrogens with two attached hydrogens (primary N) is 1. The Morgan fingerprint density at radius 3 is 3.00 bits per heavy atom. The molecule has 2 aromatic rings. The van der Waals surface area contributed by atoms with Gasteiger partial charge in [-0.25, -0.2) is 0 Å². The number of Topliss-reactive ketones (excluding diaryl/α,β-unsaturated/α-hetero) is 1. The van der Waals surface area contributed by atoms with Crippen LogP contribution in [0.5, 0.6) is 5.75 Å². The first kappa shape index (κ1) is 14.3. The number of ether oxygens (including phenoxy) is 1. The maximum atomic E-state index is 12.2. The Morgan fingerprint density at radius 1 is 1.45 bits per heavy atom. The van der Waals surface area contributed by atoms with Crippen LogP contribution >= 0.6 is 0 Å². The third kappa shape index (κ3) is 2.26. The molecule has 0 fully saturated rings. The Kier molecular flexibility index (Phi) is 3.66. The van der Waals surface area contributed by atoms with Gasteiger partial charge in [-0.15, -0.1) is 0 Å². The van der Waals surface area contributed by atoms with Crippen LogP contribution in [0.4, 0.5) is 0 Å². The van der Waals surface area contributed by atoms with Crippen molar-refractivity contribution >= 4 is 11.7 Å². The zero-order valence-electron chi connectivity index (χ0n) is 12.3. The van der Waals surface area contributed by atoms with Crippen LogP contribution in [0, 0.1) is 0 Å². The number of primary amides is 1. The van der Waals surface area contributed by atoms with Crippen molar-refractivity contribution in [2.75, 3.05) is 6.61 Å². The second-order valence-corrected chi connectivity index (χ2v) is 5.15. The quantitative estimate of drug-likeness (QED) is 0.934. The lowest BCUT2D eigenvalue weighted by atomic mass is 9.93. The molecular weight excluding hydrogens is 282 g/mol. The predicted octanol–water partition coefficient (Wildman–Crippen LogP) is 1.89. The summed E-state index contributed by atoms with van der Waals surface area (Å²) in [5, 5.41) is 0. The topological polar surface area (TPSA) is 87.2 Å². The number of aromatic nitrogens is 2. The van der Waals surface area contributed by atoms with Gasteiger partial charge in [-0.3, -0.25) is 14.6 Å². The molecule has 0 spiro atoms. The highest BCUT2D eigenvalue weighted by Crippen LogP contribution is 2.32. The Morgan fingerprint density at radius 2 is 2.27 bits per heavy atom. The Labute approximate surface area is 127 Å². The molecule has 1 aliphatic rings. The normalized spacial score (nSPS) is 13.8. The first-order chi connectivity index (χ1) is 10.6. The van der Waals surface area contributed by atoms with Gasteiger partial charge in [0.25, 0.3) is 5.91 Å². The summed E-state index contributed by atoms with van der Waals surface area (Å²) in [6.45, 7) is 2.41. The summed E-state index contributed by atoms with van der Waals surface area (Å²) >= 11 is 0. The number of carbonyl (C=O) groups excluding carboxylic acids is 2. The summed E-state index contributed by atoms with van der Waals surface area (Å²) in [7, 11) is 0. The van der Waals surface area contributed by atoms with E-state index in [-0.39, 0.29) is 11.3 Å². The maximum Gasteiger partial charge on any atom is 0.251 e. The van der Waals surface area contributed by atoms with E-state index >= 15 is 0 Å². The van der Waals surface area contributed by atoms with Crippen molar-refractivity contribution in [3.8, 4) is 11.4 Å². The van der Waals surface area contributed by atoms with Gasteiger partial charge in [-0.2, -0.15) is 0 Å². The second kappa shape index (κ2) is 5.63. The summed E-state index contributed by atoms with van der Waals surface area (Å²) in [5.41, 5.74) is 7.67. The van der Waals surface area contributed by atoms with E-state index in [9.17, 15) is 9.59 Å². The Balaban J connectivity index is 2.22. The summed E-state index contributed by atoms with van der Waals surface area (Å²) in [5.74, 6) is 0.0343. The van der Waals surface area contributed by atoms with Crippen molar-refractivity contribution < 1.29 is 14.3 Å². The molecule has 22 heavy (non-hydrogen) atoms. The molecule has 0 unspecified atom stereocenters. The predicted molar refractivity (Wildman–Crippen MR) is 80.5 cm³/mol. The number of fused-ring (bicyclic) bond motifs is 1. The van der Waals surface area contributed by atoms with Crippen LogP contribution in [0.2, 0.25) is 0 Å². The molecule has 3 rings (SSSR count). The van der Waals surface area contributed by atoms with E-state index in [0.29, 0.717) is 30.0 Å². The monoisotopic (exact) mass is 299 g/mol. The van der Waals surface area contributed by atoms with Crippen LogP contribution in [0.3, 0.4) is 0 Å².